The minimum Gasteiger partial charge on any atom is -0.497 e. The lowest BCUT2D eigenvalue weighted by Crippen LogP contribution is -2.44. The van der Waals surface area contributed by atoms with Crippen molar-refractivity contribution in [3.8, 4) is 16.3 Å². The summed E-state index contributed by atoms with van der Waals surface area (Å²) < 4.78 is 10.8. The highest BCUT2D eigenvalue weighted by Gasteiger charge is 2.35. The quantitative estimate of drug-likeness (QED) is 0.666. The van der Waals surface area contributed by atoms with E-state index >= 15 is 0 Å². The maximum absolute atomic E-state index is 12.7. The molecular formula is C21H23N3O3S. The van der Waals surface area contributed by atoms with Crippen LogP contribution in [0.25, 0.3) is 10.6 Å². The SMILES string of the molecule is COc1ccc(C2(CNC(=O)c3cc(-c4cccs4)[nH]n3)CCOCC2)cc1. The average molecular weight is 398 g/mol. The monoisotopic (exact) mass is 397 g/mol. The fraction of sp³-hybridized carbons (Fsp3) is 0.333. The van der Waals surface area contributed by atoms with Gasteiger partial charge in [-0.15, -0.1) is 11.3 Å². The van der Waals surface area contributed by atoms with E-state index in [9.17, 15) is 4.79 Å². The van der Waals surface area contributed by atoms with Gasteiger partial charge in [-0.05, 0) is 48.1 Å². The maximum Gasteiger partial charge on any atom is 0.271 e. The van der Waals surface area contributed by atoms with Crippen molar-refractivity contribution in [2.75, 3.05) is 26.9 Å². The number of hydrogen-bond acceptors (Lipinski definition) is 5. The topological polar surface area (TPSA) is 76.2 Å². The molecule has 1 aliphatic rings. The second-order valence-corrected chi connectivity index (χ2v) is 7.90. The number of carbonyl (C=O) groups is 1. The van der Waals surface area contributed by atoms with Crippen LogP contribution in [0.4, 0.5) is 0 Å². The largest absolute Gasteiger partial charge is 0.497 e. The molecule has 0 unspecified atom stereocenters. The van der Waals surface area contributed by atoms with Gasteiger partial charge in [-0.2, -0.15) is 5.10 Å². The van der Waals surface area contributed by atoms with E-state index in [0.717, 1.165) is 29.2 Å². The number of aromatic amines is 1. The number of hydrogen-bond donors (Lipinski definition) is 2. The molecule has 0 aliphatic carbocycles. The smallest absolute Gasteiger partial charge is 0.271 e. The lowest BCUT2D eigenvalue weighted by Gasteiger charge is -2.38. The normalized spacial score (nSPS) is 15.9. The van der Waals surface area contributed by atoms with Crippen molar-refractivity contribution < 1.29 is 14.3 Å². The van der Waals surface area contributed by atoms with E-state index in [2.05, 4.69) is 27.6 Å². The molecule has 0 spiro atoms. The highest BCUT2D eigenvalue weighted by Crippen LogP contribution is 2.35. The van der Waals surface area contributed by atoms with Gasteiger partial charge in [0, 0.05) is 25.2 Å². The zero-order valence-electron chi connectivity index (χ0n) is 15.7. The number of ether oxygens (including phenoxy) is 2. The third-order valence-electron chi connectivity index (χ3n) is 5.34. The molecular weight excluding hydrogens is 374 g/mol. The van der Waals surface area contributed by atoms with Gasteiger partial charge >= 0.3 is 0 Å². The molecule has 3 aromatic rings. The predicted octanol–water partition coefficient (Wildman–Crippen LogP) is 3.63. The molecule has 2 N–H and O–H groups in total. The zero-order valence-corrected chi connectivity index (χ0v) is 16.6. The predicted molar refractivity (Wildman–Crippen MR) is 109 cm³/mol. The Kier molecular flexibility index (Phi) is 5.45. The molecule has 3 heterocycles. The first-order valence-electron chi connectivity index (χ1n) is 9.30. The van der Waals surface area contributed by atoms with E-state index < -0.39 is 0 Å². The Morgan fingerprint density at radius 1 is 1.29 bits per heavy atom. The molecule has 4 rings (SSSR count). The summed E-state index contributed by atoms with van der Waals surface area (Å²) in [6.07, 6.45) is 1.72. The van der Waals surface area contributed by atoms with E-state index in [0.29, 0.717) is 25.5 Å². The van der Waals surface area contributed by atoms with Gasteiger partial charge in [0.15, 0.2) is 5.69 Å². The summed E-state index contributed by atoms with van der Waals surface area (Å²) in [6.45, 7) is 1.92. The summed E-state index contributed by atoms with van der Waals surface area (Å²) in [4.78, 5) is 13.8. The van der Waals surface area contributed by atoms with E-state index in [4.69, 9.17) is 9.47 Å². The summed E-state index contributed by atoms with van der Waals surface area (Å²) >= 11 is 1.61. The fourth-order valence-electron chi connectivity index (χ4n) is 3.61. The fourth-order valence-corrected chi connectivity index (χ4v) is 4.30. The maximum atomic E-state index is 12.7. The number of rotatable bonds is 6. The molecule has 0 bridgehead atoms. The van der Waals surface area contributed by atoms with Crippen LogP contribution in [0.15, 0.2) is 47.8 Å². The summed E-state index contributed by atoms with van der Waals surface area (Å²) in [6, 6.07) is 13.9. The minimum atomic E-state index is -0.168. The van der Waals surface area contributed by atoms with Gasteiger partial charge < -0.3 is 14.8 Å². The van der Waals surface area contributed by atoms with E-state index in [1.165, 1.54) is 5.56 Å². The second-order valence-electron chi connectivity index (χ2n) is 6.95. The molecule has 1 aromatic carbocycles. The van der Waals surface area contributed by atoms with Gasteiger partial charge in [0.2, 0.25) is 0 Å². The number of benzene rings is 1. The molecule has 28 heavy (non-hydrogen) atoms. The van der Waals surface area contributed by atoms with Crippen LogP contribution in [0.3, 0.4) is 0 Å². The van der Waals surface area contributed by atoms with Gasteiger partial charge in [-0.3, -0.25) is 9.89 Å². The molecule has 1 fully saturated rings. The van der Waals surface area contributed by atoms with E-state index in [1.54, 1.807) is 24.5 Å². The number of nitrogens with zero attached hydrogens (tertiary/aromatic N) is 1. The van der Waals surface area contributed by atoms with Gasteiger partial charge in [0.1, 0.15) is 5.75 Å². The summed E-state index contributed by atoms with van der Waals surface area (Å²) in [5.41, 5.74) is 2.31. The standard InChI is InChI=1S/C21H23N3O3S/c1-26-16-6-4-15(5-7-16)21(8-10-27-11-9-21)14-22-20(25)18-13-17(23-24-18)19-3-2-12-28-19/h2-7,12-13H,8-11,14H2,1H3,(H,22,25)(H,23,24). The average Bonchev–Trinajstić information content (AvgIpc) is 3.44. The Balaban J connectivity index is 1.49. The number of nitrogens with one attached hydrogen (secondary N) is 2. The van der Waals surface area contributed by atoms with Crippen LogP contribution >= 0.6 is 11.3 Å². The summed E-state index contributed by atoms with van der Waals surface area (Å²) in [5, 5.41) is 12.2. The van der Waals surface area contributed by atoms with Crippen LogP contribution in [0, 0.1) is 0 Å². The van der Waals surface area contributed by atoms with Gasteiger partial charge in [0.25, 0.3) is 5.91 Å². The number of amides is 1. The molecule has 0 saturated carbocycles. The number of carbonyl (C=O) groups excluding carboxylic acids is 1. The van der Waals surface area contributed by atoms with Crippen LogP contribution in [-0.2, 0) is 10.2 Å². The lowest BCUT2D eigenvalue weighted by atomic mass is 9.74. The Hall–Kier alpha value is -2.64. The van der Waals surface area contributed by atoms with Crippen molar-refractivity contribution >= 4 is 17.2 Å². The van der Waals surface area contributed by atoms with Crippen LogP contribution in [0.5, 0.6) is 5.75 Å². The Morgan fingerprint density at radius 3 is 2.75 bits per heavy atom. The molecule has 7 heteroatoms. The molecule has 1 amide bonds. The number of methoxy groups -OCH3 is 1. The van der Waals surface area contributed by atoms with E-state index in [1.807, 2.05) is 29.6 Å². The van der Waals surface area contributed by atoms with Crippen LogP contribution in [0.2, 0.25) is 0 Å². The summed E-state index contributed by atoms with van der Waals surface area (Å²) in [5.74, 6) is 0.658. The third-order valence-corrected chi connectivity index (χ3v) is 6.24. The molecule has 1 saturated heterocycles. The molecule has 1 aliphatic heterocycles. The van der Waals surface area contributed by atoms with E-state index in [-0.39, 0.29) is 11.3 Å². The molecule has 6 nitrogen and oxygen atoms in total. The second kappa shape index (κ2) is 8.16. The molecule has 0 radical (unpaired) electrons. The van der Waals surface area contributed by atoms with Gasteiger partial charge in [-0.25, -0.2) is 0 Å². The van der Waals surface area contributed by atoms with Crippen molar-refractivity contribution in [1.29, 1.82) is 0 Å². The summed E-state index contributed by atoms with van der Waals surface area (Å²) in [7, 11) is 1.66. The number of aromatic nitrogens is 2. The van der Waals surface area contributed by atoms with Crippen molar-refractivity contribution in [2.24, 2.45) is 0 Å². The Morgan fingerprint density at radius 2 is 2.07 bits per heavy atom. The molecule has 2 aromatic heterocycles. The molecule has 0 atom stereocenters. The van der Waals surface area contributed by atoms with Gasteiger partial charge in [0.05, 0.1) is 17.7 Å². The van der Waals surface area contributed by atoms with Gasteiger partial charge in [-0.1, -0.05) is 18.2 Å². The highest BCUT2D eigenvalue weighted by molar-refractivity contribution is 7.13. The molecule has 146 valence electrons. The van der Waals surface area contributed by atoms with Crippen LogP contribution in [-0.4, -0.2) is 43.0 Å². The number of thiophene rings is 1. The first-order chi connectivity index (χ1) is 13.7. The zero-order chi connectivity index (χ0) is 19.4. The van der Waals surface area contributed by atoms with Crippen LogP contribution < -0.4 is 10.1 Å². The minimum absolute atomic E-state index is 0.146. The highest BCUT2D eigenvalue weighted by atomic mass is 32.1. The van der Waals surface area contributed by atoms with Crippen LogP contribution in [0.1, 0.15) is 28.9 Å². The van der Waals surface area contributed by atoms with Crippen molar-refractivity contribution in [3.63, 3.8) is 0 Å². The van der Waals surface area contributed by atoms with Crippen molar-refractivity contribution in [2.45, 2.75) is 18.3 Å². The Bertz CT molecular complexity index is 913. The Labute approximate surface area is 167 Å². The third kappa shape index (κ3) is 3.81. The number of H-pyrrole nitrogens is 1. The lowest BCUT2D eigenvalue weighted by molar-refractivity contribution is 0.0486. The van der Waals surface area contributed by atoms with Crippen molar-refractivity contribution in [1.82, 2.24) is 15.5 Å². The first-order valence-corrected chi connectivity index (χ1v) is 10.2. The first kappa shape index (κ1) is 18.7. The van der Waals surface area contributed by atoms with Crippen molar-refractivity contribution in [3.05, 3.63) is 59.1 Å².